The summed E-state index contributed by atoms with van der Waals surface area (Å²) in [5, 5.41) is 0. The smallest absolute Gasteiger partial charge is 0.239 e. The molecule has 0 aliphatic carbocycles. The van der Waals surface area contributed by atoms with Crippen LogP contribution in [0.5, 0.6) is 0 Å². The van der Waals surface area contributed by atoms with Crippen molar-refractivity contribution in [2.45, 2.75) is 24.9 Å². The Hall–Kier alpha value is -2.31. The van der Waals surface area contributed by atoms with Gasteiger partial charge in [-0.15, -0.1) is 0 Å². The first-order valence-electron chi connectivity index (χ1n) is 9.56. The minimum Gasteiger partial charge on any atom is -0.292 e. The standard InChI is InChI=1S/C22H19BrN2O3/c23-14-8-4-9-15(12-14)25-21(27)17-16-10-5-11-24(16)19(18(17)22(25)28)20(26)13-6-2-1-3-7-13/h1-4,6-9,12,16-19H,5,10-11H2/t16-,17-,18-,19+/m1/s1. The van der Waals surface area contributed by atoms with Gasteiger partial charge in [0, 0.05) is 16.1 Å². The molecule has 0 bridgehead atoms. The van der Waals surface area contributed by atoms with E-state index in [1.54, 1.807) is 24.3 Å². The van der Waals surface area contributed by atoms with Crippen molar-refractivity contribution in [2.75, 3.05) is 11.4 Å². The maximum atomic E-state index is 13.4. The van der Waals surface area contributed by atoms with Crippen LogP contribution >= 0.6 is 15.9 Å². The fourth-order valence-electron chi connectivity index (χ4n) is 5.16. The summed E-state index contributed by atoms with van der Waals surface area (Å²) < 4.78 is 0.807. The molecule has 2 aromatic rings. The Morgan fingerprint density at radius 3 is 2.46 bits per heavy atom. The summed E-state index contributed by atoms with van der Waals surface area (Å²) in [5.74, 6) is -1.53. The van der Waals surface area contributed by atoms with Crippen molar-refractivity contribution in [3.63, 3.8) is 0 Å². The minimum absolute atomic E-state index is 0.0312. The summed E-state index contributed by atoms with van der Waals surface area (Å²) in [4.78, 5) is 43.5. The van der Waals surface area contributed by atoms with E-state index in [0.717, 1.165) is 23.9 Å². The zero-order valence-corrected chi connectivity index (χ0v) is 16.7. The number of nitrogens with zero attached hydrogens (tertiary/aromatic N) is 2. The predicted molar refractivity (Wildman–Crippen MR) is 108 cm³/mol. The van der Waals surface area contributed by atoms with Gasteiger partial charge in [0.15, 0.2) is 5.78 Å². The Morgan fingerprint density at radius 2 is 1.71 bits per heavy atom. The first-order valence-corrected chi connectivity index (χ1v) is 10.4. The molecule has 28 heavy (non-hydrogen) atoms. The molecule has 5 nitrogen and oxygen atoms in total. The van der Waals surface area contributed by atoms with Gasteiger partial charge in [0.2, 0.25) is 11.8 Å². The molecule has 0 spiro atoms. The number of anilines is 1. The summed E-state index contributed by atoms with van der Waals surface area (Å²) in [7, 11) is 0. The normalized spacial score (nSPS) is 29.2. The van der Waals surface area contributed by atoms with Gasteiger partial charge in [-0.25, -0.2) is 4.90 Å². The molecule has 3 aliphatic heterocycles. The molecule has 5 rings (SSSR count). The van der Waals surface area contributed by atoms with Crippen LogP contribution in [0.2, 0.25) is 0 Å². The van der Waals surface area contributed by atoms with Gasteiger partial charge in [-0.3, -0.25) is 19.3 Å². The van der Waals surface area contributed by atoms with Crippen molar-refractivity contribution in [3.05, 3.63) is 64.6 Å². The molecule has 3 saturated heterocycles. The Balaban J connectivity index is 1.56. The van der Waals surface area contributed by atoms with E-state index in [4.69, 9.17) is 0 Å². The van der Waals surface area contributed by atoms with Crippen molar-refractivity contribution >= 4 is 39.2 Å². The summed E-state index contributed by atoms with van der Waals surface area (Å²) >= 11 is 3.41. The second-order valence-corrected chi connectivity index (χ2v) is 8.58. The Bertz CT molecular complexity index is 977. The first-order chi connectivity index (χ1) is 13.6. The molecule has 3 aliphatic rings. The first kappa shape index (κ1) is 17.8. The van der Waals surface area contributed by atoms with Crippen molar-refractivity contribution in [2.24, 2.45) is 11.8 Å². The molecule has 0 aromatic heterocycles. The highest BCUT2D eigenvalue weighted by molar-refractivity contribution is 9.10. The van der Waals surface area contributed by atoms with Crippen LogP contribution in [0, 0.1) is 11.8 Å². The number of fused-ring (bicyclic) bond motifs is 3. The average Bonchev–Trinajstić information content (AvgIpc) is 3.34. The van der Waals surface area contributed by atoms with E-state index in [0.29, 0.717) is 11.3 Å². The average molecular weight is 439 g/mol. The second kappa shape index (κ2) is 6.64. The van der Waals surface area contributed by atoms with Crippen LogP contribution < -0.4 is 4.90 Å². The third kappa shape index (κ3) is 2.51. The Kier molecular flexibility index (Phi) is 4.21. The van der Waals surface area contributed by atoms with Crippen molar-refractivity contribution in [1.29, 1.82) is 0 Å². The quantitative estimate of drug-likeness (QED) is 0.544. The molecule has 2 amide bonds. The SMILES string of the molecule is O=C(c1ccccc1)[C@@H]1[C@@H]2C(=O)N(c3cccc(Br)c3)C(=O)[C@@H]2[C@H]2CCCN21. The molecule has 0 radical (unpaired) electrons. The molecule has 142 valence electrons. The fraction of sp³-hybridized carbons (Fsp3) is 0.318. The molecule has 0 unspecified atom stereocenters. The topological polar surface area (TPSA) is 57.7 Å². The lowest BCUT2D eigenvalue weighted by atomic mass is 9.85. The zero-order valence-electron chi connectivity index (χ0n) is 15.1. The number of Topliss-reactive ketones (excluding diaryl/α,β-unsaturated/α-hetero) is 1. The fourth-order valence-corrected chi connectivity index (χ4v) is 5.55. The van der Waals surface area contributed by atoms with Crippen LogP contribution in [0.25, 0.3) is 0 Å². The van der Waals surface area contributed by atoms with Crippen molar-refractivity contribution in [3.8, 4) is 0 Å². The van der Waals surface area contributed by atoms with E-state index in [-0.39, 0.29) is 23.6 Å². The van der Waals surface area contributed by atoms with Crippen LogP contribution in [-0.2, 0) is 9.59 Å². The Morgan fingerprint density at radius 1 is 0.964 bits per heavy atom. The largest absolute Gasteiger partial charge is 0.292 e. The highest BCUT2D eigenvalue weighted by Gasteiger charge is 2.64. The van der Waals surface area contributed by atoms with Gasteiger partial charge in [0.25, 0.3) is 0 Å². The van der Waals surface area contributed by atoms with Gasteiger partial charge >= 0.3 is 0 Å². The molecular weight excluding hydrogens is 420 g/mol. The van der Waals surface area contributed by atoms with Crippen LogP contribution in [0.1, 0.15) is 23.2 Å². The minimum atomic E-state index is -0.607. The van der Waals surface area contributed by atoms with Crippen LogP contribution in [0.4, 0.5) is 5.69 Å². The van der Waals surface area contributed by atoms with E-state index in [1.807, 2.05) is 30.3 Å². The van der Waals surface area contributed by atoms with E-state index in [9.17, 15) is 14.4 Å². The third-order valence-corrected chi connectivity index (χ3v) is 6.74. The van der Waals surface area contributed by atoms with E-state index < -0.39 is 17.9 Å². The van der Waals surface area contributed by atoms with Gasteiger partial charge in [-0.05, 0) is 37.6 Å². The number of rotatable bonds is 3. The lowest BCUT2D eigenvalue weighted by molar-refractivity contribution is -0.123. The van der Waals surface area contributed by atoms with E-state index in [2.05, 4.69) is 20.8 Å². The number of carbonyl (C=O) groups excluding carboxylic acids is 3. The predicted octanol–water partition coefficient (Wildman–Crippen LogP) is 3.28. The number of halogens is 1. The van der Waals surface area contributed by atoms with Gasteiger partial charge < -0.3 is 0 Å². The van der Waals surface area contributed by atoms with Gasteiger partial charge in [0.05, 0.1) is 23.6 Å². The maximum absolute atomic E-state index is 13.4. The molecular formula is C22H19BrN2O3. The number of amides is 2. The molecule has 0 N–H and O–H groups in total. The van der Waals surface area contributed by atoms with Crippen molar-refractivity contribution < 1.29 is 14.4 Å². The molecule has 6 heteroatoms. The number of ketones is 1. The van der Waals surface area contributed by atoms with E-state index >= 15 is 0 Å². The number of benzene rings is 2. The zero-order chi connectivity index (χ0) is 19.4. The summed E-state index contributed by atoms with van der Waals surface area (Å²) in [6, 6.07) is 15.7. The summed E-state index contributed by atoms with van der Waals surface area (Å²) in [6.07, 6.45) is 1.80. The number of imide groups is 1. The van der Waals surface area contributed by atoms with Crippen LogP contribution in [0.15, 0.2) is 59.1 Å². The lowest BCUT2D eigenvalue weighted by Gasteiger charge is -2.27. The molecule has 4 atom stereocenters. The Labute approximate surface area is 171 Å². The molecule has 3 heterocycles. The van der Waals surface area contributed by atoms with Crippen LogP contribution in [-0.4, -0.2) is 41.1 Å². The van der Waals surface area contributed by atoms with Crippen molar-refractivity contribution in [1.82, 2.24) is 4.90 Å². The monoisotopic (exact) mass is 438 g/mol. The highest BCUT2D eigenvalue weighted by Crippen LogP contribution is 2.48. The number of carbonyl (C=O) groups is 3. The lowest BCUT2D eigenvalue weighted by Crippen LogP contribution is -2.46. The van der Waals surface area contributed by atoms with Gasteiger partial charge in [0.1, 0.15) is 0 Å². The summed E-state index contributed by atoms with van der Waals surface area (Å²) in [6.45, 7) is 0.762. The molecule has 3 fully saturated rings. The highest BCUT2D eigenvalue weighted by atomic mass is 79.9. The summed E-state index contributed by atoms with van der Waals surface area (Å²) in [5.41, 5.74) is 1.16. The van der Waals surface area contributed by atoms with Crippen LogP contribution in [0.3, 0.4) is 0 Å². The van der Waals surface area contributed by atoms with Gasteiger partial charge in [-0.1, -0.05) is 52.3 Å². The van der Waals surface area contributed by atoms with E-state index in [1.165, 1.54) is 4.90 Å². The molecule has 0 saturated carbocycles. The maximum Gasteiger partial charge on any atom is 0.239 e. The third-order valence-electron chi connectivity index (χ3n) is 6.25. The number of hydrogen-bond acceptors (Lipinski definition) is 4. The molecule has 2 aromatic carbocycles. The second-order valence-electron chi connectivity index (χ2n) is 7.67. The van der Waals surface area contributed by atoms with Gasteiger partial charge in [-0.2, -0.15) is 0 Å². The number of hydrogen-bond donors (Lipinski definition) is 0.